The van der Waals surface area contributed by atoms with Crippen LogP contribution < -0.4 is 5.32 Å². The molecular formula is C22H23NO3S. The highest BCUT2D eigenvalue weighted by Gasteiger charge is 2.30. The molecule has 0 saturated heterocycles. The van der Waals surface area contributed by atoms with E-state index < -0.39 is 6.10 Å². The number of esters is 1. The van der Waals surface area contributed by atoms with E-state index >= 15 is 0 Å². The van der Waals surface area contributed by atoms with E-state index in [1.807, 2.05) is 30.3 Å². The normalized spacial score (nSPS) is 16.4. The lowest BCUT2D eigenvalue weighted by Crippen LogP contribution is -2.33. The number of hydrogen-bond donors (Lipinski definition) is 1. The van der Waals surface area contributed by atoms with Crippen LogP contribution >= 0.6 is 11.8 Å². The van der Waals surface area contributed by atoms with Crippen LogP contribution in [0.4, 0.5) is 0 Å². The second-order valence-electron chi connectivity index (χ2n) is 7.14. The summed E-state index contributed by atoms with van der Waals surface area (Å²) >= 11 is 1.46. The fourth-order valence-electron chi connectivity index (χ4n) is 3.35. The Morgan fingerprint density at radius 3 is 2.63 bits per heavy atom. The molecule has 1 fully saturated rings. The van der Waals surface area contributed by atoms with Gasteiger partial charge in [-0.15, -0.1) is 11.8 Å². The fraction of sp³-hybridized carbons (Fsp3) is 0.364. The maximum absolute atomic E-state index is 12.5. The van der Waals surface area contributed by atoms with Crippen molar-refractivity contribution in [2.24, 2.45) is 0 Å². The molecule has 0 spiro atoms. The molecule has 1 amide bonds. The maximum atomic E-state index is 12.5. The van der Waals surface area contributed by atoms with Gasteiger partial charge in [-0.3, -0.25) is 9.59 Å². The van der Waals surface area contributed by atoms with Crippen molar-refractivity contribution >= 4 is 23.6 Å². The monoisotopic (exact) mass is 381 g/mol. The van der Waals surface area contributed by atoms with Gasteiger partial charge in [0.1, 0.15) is 0 Å². The number of thioether (sulfide) groups is 1. The average molecular weight is 381 g/mol. The average Bonchev–Trinajstić information content (AvgIpc) is 3.38. The highest BCUT2D eigenvalue weighted by molar-refractivity contribution is 8.00. The van der Waals surface area contributed by atoms with Crippen molar-refractivity contribution in [2.45, 2.75) is 49.1 Å². The standard InChI is InChI=1S/C22H23NO3S/c24-20(14-27-19-12-9-15-7-4-8-17(15)13-19)26-21(16-5-2-1-3-6-16)22(25)23-18-10-11-18/h1-3,5-6,9,12-13,18,21H,4,7-8,10-11,14H2,(H,23,25)/t21-/m0/s1. The number of ether oxygens (including phenoxy) is 1. The van der Waals surface area contributed by atoms with Gasteiger partial charge in [0.05, 0.1) is 5.75 Å². The van der Waals surface area contributed by atoms with Crippen LogP contribution in [-0.4, -0.2) is 23.7 Å². The molecule has 4 rings (SSSR count). The molecule has 140 valence electrons. The summed E-state index contributed by atoms with van der Waals surface area (Å²) in [4.78, 5) is 26.0. The first-order chi connectivity index (χ1) is 13.2. The molecule has 27 heavy (non-hydrogen) atoms. The molecule has 1 atom stereocenters. The first-order valence-corrected chi connectivity index (χ1v) is 10.5. The fourth-order valence-corrected chi connectivity index (χ4v) is 4.09. The van der Waals surface area contributed by atoms with Crippen LogP contribution in [0.2, 0.25) is 0 Å². The number of fused-ring (bicyclic) bond motifs is 1. The van der Waals surface area contributed by atoms with E-state index in [-0.39, 0.29) is 23.7 Å². The highest BCUT2D eigenvalue weighted by atomic mass is 32.2. The number of carbonyl (C=O) groups is 2. The Kier molecular flexibility index (Phi) is 5.48. The Balaban J connectivity index is 1.38. The summed E-state index contributed by atoms with van der Waals surface area (Å²) in [5, 5.41) is 2.94. The molecule has 4 nitrogen and oxygen atoms in total. The van der Waals surface area contributed by atoms with Crippen molar-refractivity contribution in [3.05, 3.63) is 65.2 Å². The lowest BCUT2D eigenvalue weighted by atomic mass is 10.1. The molecule has 5 heteroatoms. The van der Waals surface area contributed by atoms with Crippen LogP contribution in [0.5, 0.6) is 0 Å². The van der Waals surface area contributed by atoms with Crippen LogP contribution in [0.1, 0.15) is 42.1 Å². The highest BCUT2D eigenvalue weighted by Crippen LogP contribution is 2.28. The van der Waals surface area contributed by atoms with Gasteiger partial charge in [0.15, 0.2) is 0 Å². The van der Waals surface area contributed by atoms with E-state index in [1.54, 1.807) is 0 Å². The molecule has 2 aromatic carbocycles. The van der Waals surface area contributed by atoms with E-state index in [0.717, 1.165) is 30.6 Å². The summed E-state index contributed by atoms with van der Waals surface area (Å²) in [5.41, 5.74) is 3.51. The lowest BCUT2D eigenvalue weighted by molar-refractivity contribution is -0.154. The molecule has 0 heterocycles. The number of benzene rings is 2. The van der Waals surface area contributed by atoms with Crippen molar-refractivity contribution in [3.63, 3.8) is 0 Å². The molecule has 0 radical (unpaired) electrons. The van der Waals surface area contributed by atoms with Crippen LogP contribution in [0, 0.1) is 0 Å². The third-order valence-corrected chi connectivity index (χ3v) is 5.91. The molecule has 1 N–H and O–H groups in total. The Labute approximate surface area is 163 Å². The summed E-state index contributed by atoms with van der Waals surface area (Å²) in [5.74, 6) is -0.418. The Bertz CT molecular complexity index is 833. The van der Waals surface area contributed by atoms with Crippen LogP contribution in [-0.2, 0) is 27.2 Å². The van der Waals surface area contributed by atoms with Gasteiger partial charge < -0.3 is 10.1 Å². The van der Waals surface area contributed by atoms with E-state index in [9.17, 15) is 9.59 Å². The minimum Gasteiger partial charge on any atom is -0.447 e. The number of aryl methyl sites for hydroxylation is 2. The van der Waals surface area contributed by atoms with Gasteiger partial charge in [-0.25, -0.2) is 0 Å². The third-order valence-electron chi connectivity index (χ3n) is 4.94. The second kappa shape index (κ2) is 8.17. The van der Waals surface area contributed by atoms with Crippen molar-refractivity contribution < 1.29 is 14.3 Å². The van der Waals surface area contributed by atoms with Gasteiger partial charge in [-0.1, -0.05) is 36.4 Å². The molecule has 2 aromatic rings. The molecule has 2 aliphatic rings. The Hall–Kier alpha value is -2.27. The molecule has 0 bridgehead atoms. The maximum Gasteiger partial charge on any atom is 0.317 e. The summed E-state index contributed by atoms with van der Waals surface area (Å²) < 4.78 is 5.57. The van der Waals surface area contributed by atoms with Crippen molar-refractivity contribution in [3.8, 4) is 0 Å². The first kappa shape index (κ1) is 18.1. The first-order valence-electron chi connectivity index (χ1n) is 9.48. The van der Waals surface area contributed by atoms with Gasteiger partial charge in [-0.2, -0.15) is 0 Å². The lowest BCUT2D eigenvalue weighted by Gasteiger charge is -2.18. The summed E-state index contributed by atoms with van der Waals surface area (Å²) in [6.45, 7) is 0. The van der Waals surface area contributed by atoms with Crippen LogP contribution in [0.15, 0.2) is 53.4 Å². The summed E-state index contributed by atoms with van der Waals surface area (Å²) in [6.07, 6.45) is 4.58. The van der Waals surface area contributed by atoms with Crippen molar-refractivity contribution in [2.75, 3.05) is 5.75 Å². The van der Waals surface area contributed by atoms with Crippen molar-refractivity contribution in [1.29, 1.82) is 0 Å². The summed E-state index contributed by atoms with van der Waals surface area (Å²) in [7, 11) is 0. The summed E-state index contributed by atoms with van der Waals surface area (Å²) in [6, 6.07) is 15.8. The molecule has 1 saturated carbocycles. The zero-order valence-electron chi connectivity index (χ0n) is 15.1. The number of rotatable bonds is 7. The Morgan fingerprint density at radius 1 is 1.07 bits per heavy atom. The van der Waals surface area contributed by atoms with Gasteiger partial charge in [-0.05, 0) is 55.4 Å². The van der Waals surface area contributed by atoms with E-state index in [1.165, 1.54) is 29.3 Å². The smallest absolute Gasteiger partial charge is 0.317 e. The van der Waals surface area contributed by atoms with Crippen LogP contribution in [0.25, 0.3) is 0 Å². The molecule has 0 aromatic heterocycles. The van der Waals surface area contributed by atoms with Crippen molar-refractivity contribution in [1.82, 2.24) is 5.32 Å². The minimum absolute atomic E-state index is 0.193. The number of nitrogens with one attached hydrogen (secondary N) is 1. The predicted octanol–water partition coefficient (Wildman–Crippen LogP) is 3.83. The van der Waals surface area contributed by atoms with Crippen LogP contribution in [0.3, 0.4) is 0 Å². The van der Waals surface area contributed by atoms with E-state index in [4.69, 9.17) is 4.74 Å². The molecule has 0 unspecified atom stereocenters. The van der Waals surface area contributed by atoms with Gasteiger partial charge in [0, 0.05) is 16.5 Å². The quantitative estimate of drug-likeness (QED) is 0.585. The van der Waals surface area contributed by atoms with Gasteiger partial charge in [0.25, 0.3) is 5.91 Å². The number of amides is 1. The molecular weight excluding hydrogens is 358 g/mol. The zero-order valence-corrected chi connectivity index (χ0v) is 16.0. The minimum atomic E-state index is -0.889. The topological polar surface area (TPSA) is 55.4 Å². The number of hydrogen-bond acceptors (Lipinski definition) is 4. The second-order valence-corrected chi connectivity index (χ2v) is 8.18. The van der Waals surface area contributed by atoms with E-state index in [0.29, 0.717) is 5.56 Å². The largest absolute Gasteiger partial charge is 0.447 e. The SMILES string of the molecule is O=C(CSc1ccc2c(c1)CCC2)O[C@H](C(=O)NC1CC1)c1ccccc1. The van der Waals surface area contributed by atoms with Gasteiger partial charge in [0.2, 0.25) is 6.10 Å². The molecule has 2 aliphatic carbocycles. The third kappa shape index (κ3) is 4.72. The Morgan fingerprint density at radius 2 is 1.85 bits per heavy atom. The van der Waals surface area contributed by atoms with E-state index in [2.05, 4.69) is 23.5 Å². The number of carbonyl (C=O) groups excluding carboxylic acids is 2. The predicted molar refractivity (Wildman–Crippen MR) is 106 cm³/mol. The van der Waals surface area contributed by atoms with Gasteiger partial charge >= 0.3 is 5.97 Å². The zero-order chi connectivity index (χ0) is 18.6. The molecule has 0 aliphatic heterocycles.